The van der Waals surface area contributed by atoms with Gasteiger partial charge in [0.15, 0.2) is 0 Å². The van der Waals surface area contributed by atoms with E-state index in [-0.39, 0.29) is 11.8 Å². The molecule has 6 nitrogen and oxygen atoms in total. The number of ether oxygens (including phenoxy) is 1. The zero-order chi connectivity index (χ0) is 12.7. The van der Waals surface area contributed by atoms with E-state index < -0.39 is 0 Å². The van der Waals surface area contributed by atoms with Gasteiger partial charge >= 0.3 is 0 Å². The molecule has 1 heterocycles. The van der Waals surface area contributed by atoms with E-state index in [0.717, 1.165) is 0 Å². The topological polar surface area (TPSA) is 61.9 Å². The first kappa shape index (κ1) is 13.9. The second-order valence-electron chi connectivity index (χ2n) is 4.06. The Labute approximate surface area is 102 Å². The zero-order valence-electron chi connectivity index (χ0n) is 10.6. The van der Waals surface area contributed by atoms with Gasteiger partial charge in [-0.15, -0.1) is 0 Å². The van der Waals surface area contributed by atoms with Gasteiger partial charge < -0.3 is 19.9 Å². The number of nitrogens with one attached hydrogen (secondary N) is 1. The minimum absolute atomic E-state index is 0.0790. The van der Waals surface area contributed by atoms with E-state index in [4.69, 9.17) is 4.74 Å². The number of hydrogen-bond donors (Lipinski definition) is 1. The molecular formula is C11H21N3O3. The Morgan fingerprint density at radius 1 is 1.18 bits per heavy atom. The van der Waals surface area contributed by atoms with Crippen LogP contribution in [0, 0.1) is 0 Å². The van der Waals surface area contributed by atoms with Gasteiger partial charge in [0.05, 0.1) is 13.2 Å². The van der Waals surface area contributed by atoms with Crippen molar-refractivity contribution in [3.63, 3.8) is 0 Å². The van der Waals surface area contributed by atoms with E-state index in [9.17, 15) is 9.59 Å². The number of carbonyl (C=O) groups is 2. The Morgan fingerprint density at radius 3 is 2.29 bits per heavy atom. The average molecular weight is 243 g/mol. The van der Waals surface area contributed by atoms with Gasteiger partial charge in [-0.05, 0) is 0 Å². The van der Waals surface area contributed by atoms with Gasteiger partial charge in [0.25, 0.3) is 0 Å². The minimum atomic E-state index is 0.0790. The molecule has 0 bridgehead atoms. The van der Waals surface area contributed by atoms with Crippen LogP contribution in [-0.2, 0) is 14.3 Å². The number of nitrogens with zero attached hydrogens (tertiary/aromatic N) is 2. The van der Waals surface area contributed by atoms with Gasteiger partial charge in [-0.2, -0.15) is 0 Å². The predicted molar refractivity (Wildman–Crippen MR) is 63.6 cm³/mol. The van der Waals surface area contributed by atoms with Crippen molar-refractivity contribution >= 4 is 11.8 Å². The van der Waals surface area contributed by atoms with Gasteiger partial charge in [-0.3, -0.25) is 9.59 Å². The van der Waals surface area contributed by atoms with Crippen LogP contribution in [0.15, 0.2) is 0 Å². The molecule has 0 aliphatic carbocycles. The fourth-order valence-corrected chi connectivity index (χ4v) is 1.75. The number of rotatable bonds is 5. The lowest BCUT2D eigenvalue weighted by molar-refractivity contribution is -0.137. The molecule has 6 heteroatoms. The van der Waals surface area contributed by atoms with Crippen LogP contribution < -0.4 is 5.32 Å². The summed E-state index contributed by atoms with van der Waals surface area (Å²) < 4.78 is 4.88. The smallest absolute Gasteiger partial charge is 0.236 e. The maximum absolute atomic E-state index is 11.8. The molecule has 0 spiro atoms. The highest BCUT2D eigenvalue weighted by Crippen LogP contribution is 2.01. The number of amides is 2. The second-order valence-corrected chi connectivity index (χ2v) is 4.06. The highest BCUT2D eigenvalue weighted by Gasteiger charge is 2.21. The molecule has 0 radical (unpaired) electrons. The highest BCUT2D eigenvalue weighted by molar-refractivity contribution is 5.79. The standard InChI is InChI=1S/C11H21N3O3/c1-10(15)13-4-6-14(7-5-13)11(16)9-12-3-8-17-2/h12H,3-9H2,1-2H3. The lowest BCUT2D eigenvalue weighted by atomic mass is 10.3. The maximum atomic E-state index is 11.8. The molecule has 1 aliphatic heterocycles. The van der Waals surface area contributed by atoms with Crippen LogP contribution in [0.2, 0.25) is 0 Å². The minimum Gasteiger partial charge on any atom is -0.383 e. The van der Waals surface area contributed by atoms with Crippen molar-refractivity contribution in [2.45, 2.75) is 6.92 Å². The van der Waals surface area contributed by atoms with Crippen LogP contribution in [0.3, 0.4) is 0 Å². The normalized spacial score (nSPS) is 16.1. The summed E-state index contributed by atoms with van der Waals surface area (Å²) in [5, 5.41) is 3.02. The van der Waals surface area contributed by atoms with E-state index in [1.807, 2.05) is 0 Å². The van der Waals surface area contributed by atoms with E-state index in [0.29, 0.717) is 45.9 Å². The molecule has 17 heavy (non-hydrogen) atoms. The highest BCUT2D eigenvalue weighted by atomic mass is 16.5. The molecule has 0 aromatic rings. The van der Waals surface area contributed by atoms with Gasteiger partial charge in [0.2, 0.25) is 11.8 Å². The van der Waals surface area contributed by atoms with E-state index in [2.05, 4.69) is 5.32 Å². The summed E-state index contributed by atoms with van der Waals surface area (Å²) in [6, 6.07) is 0. The molecule has 1 fully saturated rings. The Bertz CT molecular complexity index is 263. The van der Waals surface area contributed by atoms with Crippen molar-refractivity contribution < 1.29 is 14.3 Å². The van der Waals surface area contributed by atoms with Crippen molar-refractivity contribution in [2.75, 3.05) is 53.0 Å². The molecule has 1 N–H and O–H groups in total. The van der Waals surface area contributed by atoms with Crippen molar-refractivity contribution in [2.24, 2.45) is 0 Å². The van der Waals surface area contributed by atoms with Crippen LogP contribution in [0.5, 0.6) is 0 Å². The Kier molecular flexibility index (Phi) is 5.93. The molecule has 0 aromatic carbocycles. The molecule has 0 saturated carbocycles. The largest absolute Gasteiger partial charge is 0.383 e. The summed E-state index contributed by atoms with van der Waals surface area (Å²) in [6.07, 6.45) is 0. The fraction of sp³-hybridized carbons (Fsp3) is 0.818. The quantitative estimate of drug-likeness (QED) is 0.624. The van der Waals surface area contributed by atoms with Crippen LogP contribution in [0.1, 0.15) is 6.92 Å². The number of hydrogen-bond acceptors (Lipinski definition) is 4. The molecule has 98 valence electrons. The SMILES string of the molecule is COCCNCC(=O)N1CCN(C(C)=O)CC1. The molecule has 1 saturated heterocycles. The lowest BCUT2D eigenvalue weighted by Crippen LogP contribution is -2.52. The van der Waals surface area contributed by atoms with Gasteiger partial charge in [-0.1, -0.05) is 0 Å². The van der Waals surface area contributed by atoms with Crippen LogP contribution in [0.25, 0.3) is 0 Å². The van der Waals surface area contributed by atoms with E-state index in [1.54, 1.807) is 23.8 Å². The van der Waals surface area contributed by atoms with Crippen molar-refractivity contribution in [1.29, 1.82) is 0 Å². The monoisotopic (exact) mass is 243 g/mol. The summed E-state index contributed by atoms with van der Waals surface area (Å²) in [5.74, 6) is 0.166. The summed E-state index contributed by atoms with van der Waals surface area (Å²) in [6.45, 7) is 5.71. The number of methoxy groups -OCH3 is 1. The number of piperazine rings is 1. The van der Waals surface area contributed by atoms with E-state index >= 15 is 0 Å². The third kappa shape index (κ3) is 4.70. The van der Waals surface area contributed by atoms with Crippen LogP contribution >= 0.6 is 0 Å². The summed E-state index contributed by atoms with van der Waals surface area (Å²) in [4.78, 5) is 26.4. The van der Waals surface area contributed by atoms with Crippen molar-refractivity contribution in [3.8, 4) is 0 Å². The number of carbonyl (C=O) groups excluding carboxylic acids is 2. The van der Waals surface area contributed by atoms with Crippen LogP contribution in [0.4, 0.5) is 0 Å². The molecule has 1 rings (SSSR count). The predicted octanol–water partition coefficient (Wildman–Crippen LogP) is -1.09. The maximum Gasteiger partial charge on any atom is 0.236 e. The molecule has 0 atom stereocenters. The lowest BCUT2D eigenvalue weighted by Gasteiger charge is -2.34. The van der Waals surface area contributed by atoms with Gasteiger partial charge in [0, 0.05) is 46.8 Å². The Morgan fingerprint density at radius 2 is 1.76 bits per heavy atom. The van der Waals surface area contributed by atoms with Crippen molar-refractivity contribution in [1.82, 2.24) is 15.1 Å². The second kappa shape index (κ2) is 7.24. The summed E-state index contributed by atoms with van der Waals surface area (Å²) in [5.41, 5.74) is 0. The molecule has 2 amide bonds. The Hall–Kier alpha value is -1.14. The first-order chi connectivity index (χ1) is 8.15. The average Bonchev–Trinajstić information content (AvgIpc) is 2.34. The zero-order valence-corrected chi connectivity index (χ0v) is 10.6. The Balaban J connectivity index is 2.19. The summed E-state index contributed by atoms with van der Waals surface area (Å²) in [7, 11) is 1.63. The molecule has 0 unspecified atom stereocenters. The van der Waals surface area contributed by atoms with E-state index in [1.165, 1.54) is 0 Å². The molecule has 1 aliphatic rings. The van der Waals surface area contributed by atoms with Crippen molar-refractivity contribution in [3.05, 3.63) is 0 Å². The molecule has 0 aromatic heterocycles. The first-order valence-electron chi connectivity index (χ1n) is 5.88. The summed E-state index contributed by atoms with van der Waals surface area (Å²) >= 11 is 0. The van der Waals surface area contributed by atoms with Crippen LogP contribution in [-0.4, -0.2) is 74.6 Å². The molecular weight excluding hydrogens is 222 g/mol. The third-order valence-corrected chi connectivity index (χ3v) is 2.84. The first-order valence-corrected chi connectivity index (χ1v) is 5.88. The van der Waals surface area contributed by atoms with Gasteiger partial charge in [-0.25, -0.2) is 0 Å². The third-order valence-electron chi connectivity index (χ3n) is 2.84. The van der Waals surface area contributed by atoms with Gasteiger partial charge in [0.1, 0.15) is 0 Å². The fourth-order valence-electron chi connectivity index (χ4n) is 1.75.